The van der Waals surface area contributed by atoms with Crippen molar-refractivity contribution in [1.82, 2.24) is 9.78 Å². The van der Waals surface area contributed by atoms with Gasteiger partial charge in [-0.1, -0.05) is 0 Å². The zero-order chi connectivity index (χ0) is 14.5. The van der Waals surface area contributed by atoms with E-state index in [1.807, 2.05) is 0 Å². The van der Waals surface area contributed by atoms with E-state index in [-0.39, 0.29) is 0 Å². The van der Waals surface area contributed by atoms with E-state index in [1.165, 1.54) is 0 Å². The molecule has 0 spiro atoms. The number of nitrogens with one attached hydrogen (secondary N) is 3. The van der Waals surface area contributed by atoms with Crippen LogP contribution >= 0.6 is 0 Å². The second-order valence-corrected chi connectivity index (χ2v) is 24.4. The van der Waals surface area contributed by atoms with Gasteiger partial charge in [0.05, 0.1) is 0 Å². The number of hydrogen-bond acceptors (Lipinski definition) is 3. The molecule has 0 aliphatic heterocycles. The van der Waals surface area contributed by atoms with Crippen LogP contribution < -0.4 is 9.78 Å². The van der Waals surface area contributed by atoms with Crippen molar-refractivity contribution < 1.29 is 21.1 Å². The van der Waals surface area contributed by atoms with E-state index in [0.717, 1.165) is 26.1 Å². The molecule has 3 N–H and O–H groups in total. The quantitative estimate of drug-likeness (QED) is 0.544. The summed E-state index contributed by atoms with van der Waals surface area (Å²) in [5.41, 5.74) is 0. The van der Waals surface area contributed by atoms with Gasteiger partial charge in [0.15, 0.2) is 0 Å². The first-order valence-electron chi connectivity index (χ1n) is 7.57. The van der Waals surface area contributed by atoms with Gasteiger partial charge in [-0.2, -0.15) is 0 Å². The Morgan fingerprint density at radius 1 is 1.00 bits per heavy atom. The number of hydrogen-bond donors (Lipinski definition) is 3. The Balaban J connectivity index is 3.22. The van der Waals surface area contributed by atoms with Crippen LogP contribution in [0.1, 0.15) is 27.2 Å². The SMILES string of the molecule is CC[NH][Zr]([NH]CC)([NH]CC)[C]1=[C]([Ge]([CH3])([CH3])[CH3])C=CC1. The van der Waals surface area contributed by atoms with Gasteiger partial charge in [0, 0.05) is 0 Å². The third-order valence-electron chi connectivity index (χ3n) is 3.52. The van der Waals surface area contributed by atoms with E-state index in [9.17, 15) is 0 Å². The molecule has 3 nitrogen and oxygen atoms in total. The molecule has 1 rings (SSSR count). The average molecular weight is 405 g/mol. The van der Waals surface area contributed by atoms with Crippen molar-refractivity contribution in [3.63, 3.8) is 0 Å². The van der Waals surface area contributed by atoms with Gasteiger partial charge in [0.25, 0.3) is 0 Å². The summed E-state index contributed by atoms with van der Waals surface area (Å²) in [6.45, 7) is 9.81. The molecule has 0 aromatic carbocycles. The van der Waals surface area contributed by atoms with Crippen LogP contribution in [0, 0.1) is 0 Å². The normalized spacial score (nSPS) is 16.5. The van der Waals surface area contributed by atoms with Gasteiger partial charge in [-0.25, -0.2) is 0 Å². The van der Waals surface area contributed by atoms with Gasteiger partial charge in [-0.05, 0) is 0 Å². The molecule has 0 aromatic rings. The van der Waals surface area contributed by atoms with E-state index < -0.39 is 34.4 Å². The predicted octanol–water partition coefficient (Wildman–Crippen LogP) is 2.81. The zero-order valence-corrected chi connectivity index (χ0v) is 18.0. The van der Waals surface area contributed by atoms with Crippen molar-refractivity contribution in [3.8, 4) is 0 Å². The second kappa shape index (κ2) is 7.70. The Morgan fingerprint density at radius 2 is 1.47 bits per heavy atom. The topological polar surface area (TPSA) is 36.1 Å². The summed E-state index contributed by atoms with van der Waals surface area (Å²) < 4.78 is 15.0. The molecule has 0 radical (unpaired) electrons. The van der Waals surface area contributed by atoms with Gasteiger partial charge >= 0.3 is 128 Å². The Morgan fingerprint density at radius 3 is 1.84 bits per heavy atom. The zero-order valence-electron chi connectivity index (χ0n) is 13.5. The molecule has 0 aromatic heterocycles. The summed E-state index contributed by atoms with van der Waals surface area (Å²) in [6, 6.07) is 0. The number of rotatable bonds is 8. The summed E-state index contributed by atoms with van der Waals surface area (Å²) in [5.74, 6) is 7.52. The summed E-state index contributed by atoms with van der Waals surface area (Å²) in [6.07, 6.45) is 5.95. The van der Waals surface area contributed by atoms with E-state index in [0.29, 0.717) is 0 Å². The Labute approximate surface area is 127 Å². The van der Waals surface area contributed by atoms with E-state index >= 15 is 0 Å². The fourth-order valence-corrected chi connectivity index (χ4v) is 22.0. The molecule has 0 fully saturated rings. The Bertz CT molecular complexity index is 341. The predicted molar refractivity (Wildman–Crippen MR) is 85.2 cm³/mol. The van der Waals surface area contributed by atoms with Crippen molar-refractivity contribution in [1.29, 1.82) is 0 Å². The third-order valence-corrected chi connectivity index (χ3v) is 19.1. The molecule has 1 aliphatic carbocycles. The van der Waals surface area contributed by atoms with Crippen molar-refractivity contribution in [2.24, 2.45) is 0 Å². The average Bonchev–Trinajstić information content (AvgIpc) is 2.78. The first-order valence-corrected chi connectivity index (χ1v) is 19.8. The first-order chi connectivity index (χ1) is 8.91. The van der Waals surface area contributed by atoms with Crippen LogP contribution in [0.5, 0.6) is 0 Å². The monoisotopic (exact) mass is 405 g/mol. The first kappa shape index (κ1) is 17.8. The van der Waals surface area contributed by atoms with Gasteiger partial charge in [0.1, 0.15) is 0 Å². The molecule has 110 valence electrons. The minimum absolute atomic E-state index is 1.05. The summed E-state index contributed by atoms with van der Waals surface area (Å²) in [4.78, 5) is 0. The van der Waals surface area contributed by atoms with Crippen LogP contribution in [0.4, 0.5) is 0 Å². The molecule has 0 saturated heterocycles. The summed E-state index contributed by atoms with van der Waals surface area (Å²) in [7, 11) is 0. The Kier molecular flexibility index (Phi) is 7.23. The molecule has 0 atom stereocenters. The van der Waals surface area contributed by atoms with Crippen LogP contribution in [0.25, 0.3) is 0 Å². The van der Waals surface area contributed by atoms with E-state index in [1.54, 1.807) is 7.69 Å². The molecule has 19 heavy (non-hydrogen) atoms. The van der Waals surface area contributed by atoms with Gasteiger partial charge in [-0.3, -0.25) is 0 Å². The van der Waals surface area contributed by atoms with Gasteiger partial charge < -0.3 is 0 Å². The van der Waals surface area contributed by atoms with Crippen molar-refractivity contribution in [2.45, 2.75) is 44.5 Å². The van der Waals surface area contributed by atoms with Crippen LogP contribution in [0.15, 0.2) is 19.8 Å². The molecule has 0 amide bonds. The Hall–Kier alpha value is 0.786. The standard InChI is InChI=1S/C8H13Ge.3C2H6N.Zr/c1-9(2,3)8-6-4-5-7-8;3*1-2-3;/h4,6H,5H2,1-3H3;3*3H,2H2,1H3;/q;3*-1;+3. The molecule has 5 heteroatoms. The van der Waals surface area contributed by atoms with Crippen molar-refractivity contribution >= 4 is 13.3 Å². The fraction of sp³-hybridized carbons (Fsp3) is 0.714. The summed E-state index contributed by atoms with van der Waals surface area (Å²) in [5, 5.41) is 0. The molecule has 0 unspecified atom stereocenters. The van der Waals surface area contributed by atoms with Crippen molar-refractivity contribution in [3.05, 3.63) is 19.8 Å². The van der Waals surface area contributed by atoms with E-state index in [4.69, 9.17) is 0 Å². The molecule has 0 bridgehead atoms. The minimum atomic E-state index is -2.79. The van der Waals surface area contributed by atoms with Crippen LogP contribution in [-0.2, 0) is 21.1 Å². The van der Waals surface area contributed by atoms with Gasteiger partial charge in [-0.15, -0.1) is 0 Å². The summed E-state index contributed by atoms with van der Waals surface area (Å²) >= 11 is -4.57. The van der Waals surface area contributed by atoms with Gasteiger partial charge in [0.2, 0.25) is 0 Å². The number of allylic oxidation sites excluding steroid dienone is 4. The fourth-order valence-electron chi connectivity index (χ4n) is 2.87. The molecule has 1 aliphatic rings. The molecular formula is C14H31GeN3Zr. The van der Waals surface area contributed by atoms with Crippen LogP contribution in [0.2, 0.25) is 17.3 Å². The second-order valence-electron chi connectivity index (χ2n) is 6.09. The molecular weight excluding hydrogens is 374 g/mol. The molecule has 0 heterocycles. The maximum atomic E-state index is 3.86. The van der Waals surface area contributed by atoms with E-state index in [2.05, 4.69) is 60.0 Å². The third kappa shape index (κ3) is 4.37. The molecule has 0 saturated carbocycles. The maximum absolute atomic E-state index is 3.86. The van der Waals surface area contributed by atoms with Crippen molar-refractivity contribution in [2.75, 3.05) is 19.6 Å². The van der Waals surface area contributed by atoms with Crippen LogP contribution in [0.3, 0.4) is 0 Å². The van der Waals surface area contributed by atoms with Crippen LogP contribution in [-0.4, -0.2) is 32.9 Å².